The van der Waals surface area contributed by atoms with Crippen molar-refractivity contribution in [3.8, 4) is 0 Å². The van der Waals surface area contributed by atoms with Crippen LogP contribution in [0, 0.1) is 28.2 Å². The van der Waals surface area contributed by atoms with Crippen molar-refractivity contribution in [3.63, 3.8) is 0 Å². The molecule has 0 saturated heterocycles. The second kappa shape index (κ2) is 9.70. The van der Waals surface area contributed by atoms with Gasteiger partial charge in [0.1, 0.15) is 4.88 Å². The van der Waals surface area contributed by atoms with Crippen LogP contribution in [0.25, 0.3) is 6.08 Å². The number of fused-ring (bicyclic) bond motifs is 1. The number of nitrogens with one attached hydrogen (secondary N) is 1. The first-order valence-corrected chi connectivity index (χ1v) is 12.3. The zero-order valence-corrected chi connectivity index (χ0v) is 20.1. The Morgan fingerprint density at radius 1 is 1.22 bits per heavy atom. The molecule has 0 radical (unpaired) electrons. The quantitative estimate of drug-likeness (QED) is 0.394. The number of carbonyl (C=O) groups excluding carboxylic acids is 1. The van der Waals surface area contributed by atoms with Gasteiger partial charge in [0.15, 0.2) is 5.69 Å². The van der Waals surface area contributed by atoms with E-state index in [0.29, 0.717) is 10.6 Å². The molecule has 5 rings (SSSR count). The average molecular weight is 506 g/mol. The van der Waals surface area contributed by atoms with E-state index in [-0.39, 0.29) is 29.2 Å². The van der Waals surface area contributed by atoms with E-state index >= 15 is 0 Å². The number of quaternary nitrogens is 1. The van der Waals surface area contributed by atoms with Crippen LogP contribution in [0.15, 0.2) is 64.7 Å². The first-order chi connectivity index (χ1) is 17.3. The maximum atomic E-state index is 13.6. The van der Waals surface area contributed by atoms with Crippen LogP contribution in [0.2, 0.25) is 0 Å². The summed E-state index contributed by atoms with van der Waals surface area (Å²) in [6.07, 6.45) is 4.48. The number of hydrazone groups is 1. The summed E-state index contributed by atoms with van der Waals surface area (Å²) in [7, 11) is 0. The summed E-state index contributed by atoms with van der Waals surface area (Å²) in [4.78, 5) is 28.9. The number of nitro groups is 1. The Morgan fingerprint density at radius 3 is 2.56 bits per heavy atom. The van der Waals surface area contributed by atoms with Gasteiger partial charge in [-0.3, -0.25) is 14.9 Å². The van der Waals surface area contributed by atoms with Crippen molar-refractivity contribution < 1.29 is 20.2 Å². The number of rotatable bonds is 5. The second-order valence-corrected chi connectivity index (χ2v) is 9.65. The van der Waals surface area contributed by atoms with Crippen molar-refractivity contribution in [2.45, 2.75) is 32.2 Å². The van der Waals surface area contributed by atoms with Gasteiger partial charge in [-0.1, -0.05) is 12.1 Å². The van der Waals surface area contributed by atoms with Gasteiger partial charge in [-0.15, -0.1) is 11.3 Å². The highest BCUT2D eigenvalue weighted by Gasteiger charge is 2.44. The minimum atomic E-state index is -1.01. The van der Waals surface area contributed by atoms with Gasteiger partial charge in [0.25, 0.3) is 11.6 Å². The van der Waals surface area contributed by atoms with E-state index < -0.39 is 10.1 Å². The lowest BCUT2D eigenvalue weighted by Crippen LogP contribution is -2.99. The molecule has 0 bridgehead atoms. The lowest BCUT2D eigenvalue weighted by atomic mass is 9.77. The summed E-state index contributed by atoms with van der Waals surface area (Å²) in [5.74, 6) is -0.296. The van der Waals surface area contributed by atoms with Crippen LogP contribution in [0.3, 0.4) is 0 Å². The van der Waals surface area contributed by atoms with Crippen LogP contribution in [0.4, 0.5) is 11.4 Å². The minimum Gasteiger partial charge on any atom is -0.595 e. The third-order valence-corrected chi connectivity index (χ3v) is 7.51. The smallest absolute Gasteiger partial charge is 0.286 e. The topological polar surface area (TPSA) is 136 Å². The Hall–Kier alpha value is -3.77. The maximum absolute atomic E-state index is 13.6. The summed E-state index contributed by atoms with van der Waals surface area (Å²) in [5.41, 5.74) is 5.93. The standard InChI is InChI=1S/C25H23N5O5S/c1-15-24(36-14-26-15)25(31)28-23(17-7-11-20(12-8-17)30(34)35)21-4-2-3-18(22(21)27-28)13-16-5-9-19(10-6-16)29(32)33/h5-14,21,23,30,34H,2-4H2,1H3/b18-13+. The van der Waals surface area contributed by atoms with Crippen molar-refractivity contribution in [1.82, 2.24) is 9.99 Å². The summed E-state index contributed by atoms with van der Waals surface area (Å²) in [6, 6.07) is 12.6. The zero-order chi connectivity index (χ0) is 25.4. The third-order valence-electron chi connectivity index (χ3n) is 6.59. The molecule has 0 spiro atoms. The Balaban J connectivity index is 1.55. The predicted octanol–water partition coefficient (Wildman–Crippen LogP) is 4.20. The molecule has 1 amide bonds. The minimum absolute atomic E-state index is 0.0263. The molecular weight excluding hydrogens is 482 g/mol. The Bertz CT molecular complexity index is 1360. The molecule has 2 aliphatic rings. The number of thiazole rings is 1. The molecule has 184 valence electrons. The molecule has 1 aliphatic carbocycles. The van der Waals surface area contributed by atoms with E-state index in [1.54, 1.807) is 48.8 Å². The van der Waals surface area contributed by atoms with Crippen LogP contribution in [-0.4, -0.2) is 31.7 Å². The summed E-state index contributed by atoms with van der Waals surface area (Å²) < 4.78 is 0. The Labute approximate surface area is 210 Å². The fourth-order valence-electron chi connectivity index (χ4n) is 4.83. The van der Waals surface area contributed by atoms with Crippen LogP contribution in [0.5, 0.6) is 0 Å². The molecule has 11 heteroatoms. The van der Waals surface area contributed by atoms with Crippen molar-refractivity contribution in [2.75, 3.05) is 0 Å². The van der Waals surface area contributed by atoms with Gasteiger partial charge in [0.2, 0.25) is 0 Å². The number of non-ortho nitro benzene ring substituents is 1. The Kier molecular flexibility index (Phi) is 6.46. The number of hydrogen-bond donors (Lipinski definition) is 2. The number of benzene rings is 2. The number of amides is 1. The second-order valence-electron chi connectivity index (χ2n) is 8.79. The van der Waals surface area contributed by atoms with Gasteiger partial charge in [-0.05, 0) is 61.1 Å². The summed E-state index contributed by atoms with van der Waals surface area (Å²) >= 11 is 1.27. The van der Waals surface area contributed by atoms with Crippen LogP contribution in [0.1, 0.15) is 51.8 Å². The highest BCUT2D eigenvalue weighted by atomic mass is 32.1. The lowest BCUT2D eigenvalue weighted by Gasteiger charge is -2.29. The first-order valence-electron chi connectivity index (χ1n) is 11.4. The van der Waals surface area contributed by atoms with Gasteiger partial charge < -0.3 is 5.21 Å². The molecule has 1 aromatic heterocycles. The largest absolute Gasteiger partial charge is 0.595 e. The van der Waals surface area contributed by atoms with E-state index in [1.807, 2.05) is 6.08 Å². The molecule has 2 aromatic carbocycles. The van der Waals surface area contributed by atoms with Crippen molar-refractivity contribution in [2.24, 2.45) is 11.0 Å². The number of nitrogens with zero attached hydrogens (tertiary/aromatic N) is 4. The van der Waals surface area contributed by atoms with Crippen LogP contribution >= 0.6 is 11.3 Å². The molecule has 1 aliphatic heterocycles. The number of aryl methyl sites for hydroxylation is 1. The maximum Gasteiger partial charge on any atom is 0.286 e. The summed E-state index contributed by atoms with van der Waals surface area (Å²) in [5, 5.41) is 37.0. The van der Waals surface area contributed by atoms with Crippen molar-refractivity contribution in [3.05, 3.63) is 96.6 Å². The highest BCUT2D eigenvalue weighted by molar-refractivity contribution is 7.11. The molecule has 3 aromatic rings. The van der Waals surface area contributed by atoms with Gasteiger partial charge >= 0.3 is 0 Å². The molecule has 2 heterocycles. The number of allylic oxidation sites excluding steroid dienone is 1. The van der Waals surface area contributed by atoms with Crippen molar-refractivity contribution in [1.29, 1.82) is 0 Å². The van der Waals surface area contributed by atoms with E-state index in [4.69, 9.17) is 5.10 Å². The highest BCUT2D eigenvalue weighted by Crippen LogP contribution is 2.45. The number of nitro benzene ring substituents is 1. The molecule has 1 fully saturated rings. The number of aromatic nitrogens is 1. The lowest BCUT2D eigenvalue weighted by molar-refractivity contribution is -0.991. The SMILES string of the molecule is Cc1ncsc1C(=O)N1N=C2/C(=C/c3ccc([N+](=O)[O-])cc3)CCCC2C1c1ccc([NH+]([O-])O)cc1. The summed E-state index contributed by atoms with van der Waals surface area (Å²) in [6.45, 7) is 1.79. The van der Waals surface area contributed by atoms with Gasteiger partial charge in [-0.2, -0.15) is 10.3 Å². The fourth-order valence-corrected chi connectivity index (χ4v) is 5.56. The van der Waals surface area contributed by atoms with E-state index in [0.717, 1.165) is 41.7 Å². The Morgan fingerprint density at radius 2 is 1.94 bits per heavy atom. The average Bonchev–Trinajstić information content (AvgIpc) is 3.48. The van der Waals surface area contributed by atoms with Crippen LogP contribution in [-0.2, 0) is 0 Å². The molecular formula is C25H23N5O5S. The third kappa shape index (κ3) is 4.44. The fraction of sp³-hybridized carbons (Fsp3) is 0.240. The molecule has 36 heavy (non-hydrogen) atoms. The van der Waals surface area contributed by atoms with E-state index in [1.165, 1.54) is 28.5 Å². The van der Waals surface area contributed by atoms with Crippen LogP contribution < -0.4 is 5.23 Å². The monoisotopic (exact) mass is 505 g/mol. The van der Waals surface area contributed by atoms with Gasteiger partial charge in [-0.25, -0.2) is 15.2 Å². The number of hydrogen-bond acceptors (Lipinski definition) is 8. The molecule has 3 atom stereocenters. The molecule has 3 unspecified atom stereocenters. The normalized spacial score (nSPS) is 21.2. The molecule has 10 nitrogen and oxygen atoms in total. The van der Waals surface area contributed by atoms with Gasteiger partial charge in [0.05, 0.1) is 27.9 Å². The molecule has 1 saturated carbocycles. The van der Waals surface area contributed by atoms with E-state index in [2.05, 4.69) is 4.98 Å². The van der Waals surface area contributed by atoms with Crippen molar-refractivity contribution >= 4 is 40.4 Å². The first kappa shape index (κ1) is 23.9. The zero-order valence-electron chi connectivity index (χ0n) is 19.3. The predicted molar refractivity (Wildman–Crippen MR) is 134 cm³/mol. The molecule has 2 N–H and O–H groups in total. The number of carbonyl (C=O) groups is 1. The van der Waals surface area contributed by atoms with E-state index in [9.17, 15) is 25.3 Å². The van der Waals surface area contributed by atoms with Gasteiger partial charge in [0, 0.05) is 30.2 Å².